The van der Waals surface area contributed by atoms with Gasteiger partial charge in [-0.25, -0.2) is 9.67 Å². The van der Waals surface area contributed by atoms with Crippen molar-refractivity contribution in [3.8, 4) is 5.69 Å². The summed E-state index contributed by atoms with van der Waals surface area (Å²) in [7, 11) is 0. The SMILES string of the molecule is Cc1ccc(-n2ncnc2CNC2CC2)c(C)c1. The molecule has 1 saturated carbocycles. The Balaban J connectivity index is 1.88. The Morgan fingerprint density at radius 1 is 1.33 bits per heavy atom. The lowest BCUT2D eigenvalue weighted by molar-refractivity contribution is 0.637. The molecule has 1 aliphatic rings. The van der Waals surface area contributed by atoms with Crippen LogP contribution in [-0.2, 0) is 6.54 Å². The highest BCUT2D eigenvalue weighted by atomic mass is 15.3. The van der Waals surface area contributed by atoms with Gasteiger partial charge in [0.25, 0.3) is 0 Å². The lowest BCUT2D eigenvalue weighted by Gasteiger charge is -2.10. The lowest BCUT2D eigenvalue weighted by Crippen LogP contribution is -2.19. The summed E-state index contributed by atoms with van der Waals surface area (Å²) in [5.74, 6) is 0.980. The van der Waals surface area contributed by atoms with E-state index in [0.717, 1.165) is 18.1 Å². The van der Waals surface area contributed by atoms with Crippen LogP contribution in [0.15, 0.2) is 24.5 Å². The minimum absolute atomic E-state index is 0.689. The molecule has 0 saturated heterocycles. The standard InChI is InChI=1S/C14H18N4/c1-10-3-6-13(11(2)7-10)18-14(16-9-17-18)8-15-12-4-5-12/h3,6-7,9,12,15H,4-5,8H2,1-2H3. The van der Waals surface area contributed by atoms with Crippen LogP contribution < -0.4 is 5.32 Å². The molecule has 3 rings (SSSR count). The Labute approximate surface area is 107 Å². The summed E-state index contributed by atoms with van der Waals surface area (Å²) in [5, 5.41) is 7.82. The summed E-state index contributed by atoms with van der Waals surface area (Å²) in [6, 6.07) is 7.09. The van der Waals surface area contributed by atoms with Crippen LogP contribution in [0.2, 0.25) is 0 Å². The Morgan fingerprint density at radius 2 is 2.17 bits per heavy atom. The maximum Gasteiger partial charge on any atom is 0.146 e. The predicted octanol–water partition coefficient (Wildman–Crippen LogP) is 2.14. The summed E-state index contributed by atoms with van der Waals surface area (Å²) in [6.45, 7) is 5.01. The molecule has 0 radical (unpaired) electrons. The van der Waals surface area contributed by atoms with Crippen molar-refractivity contribution in [2.75, 3.05) is 0 Å². The normalized spacial score (nSPS) is 15.0. The van der Waals surface area contributed by atoms with Crippen molar-refractivity contribution >= 4 is 0 Å². The minimum Gasteiger partial charge on any atom is -0.307 e. The number of nitrogens with zero attached hydrogens (tertiary/aromatic N) is 3. The van der Waals surface area contributed by atoms with Gasteiger partial charge in [0.2, 0.25) is 0 Å². The highest BCUT2D eigenvalue weighted by molar-refractivity contribution is 5.42. The third kappa shape index (κ3) is 2.29. The van der Waals surface area contributed by atoms with E-state index in [4.69, 9.17) is 0 Å². The fraction of sp³-hybridized carbons (Fsp3) is 0.429. The zero-order valence-corrected chi connectivity index (χ0v) is 10.8. The van der Waals surface area contributed by atoms with Gasteiger partial charge in [0.1, 0.15) is 12.2 Å². The Bertz CT molecular complexity index is 555. The lowest BCUT2D eigenvalue weighted by atomic mass is 10.1. The second kappa shape index (κ2) is 4.53. The van der Waals surface area contributed by atoms with Crippen molar-refractivity contribution in [1.82, 2.24) is 20.1 Å². The minimum atomic E-state index is 0.689. The van der Waals surface area contributed by atoms with Crippen molar-refractivity contribution in [2.24, 2.45) is 0 Å². The molecule has 0 bridgehead atoms. The molecule has 2 aromatic rings. The van der Waals surface area contributed by atoms with Gasteiger partial charge in [0, 0.05) is 6.04 Å². The summed E-state index contributed by atoms with van der Waals surface area (Å²) in [4.78, 5) is 4.35. The fourth-order valence-electron chi connectivity index (χ4n) is 2.15. The molecule has 0 amide bonds. The van der Waals surface area contributed by atoms with E-state index in [2.05, 4.69) is 47.4 Å². The van der Waals surface area contributed by atoms with Gasteiger partial charge in [-0.3, -0.25) is 0 Å². The first-order chi connectivity index (χ1) is 8.74. The average molecular weight is 242 g/mol. The molecule has 0 spiro atoms. The van der Waals surface area contributed by atoms with Gasteiger partial charge < -0.3 is 5.32 Å². The molecular formula is C14H18N4. The first kappa shape index (κ1) is 11.4. The van der Waals surface area contributed by atoms with Crippen molar-refractivity contribution < 1.29 is 0 Å². The molecular weight excluding hydrogens is 224 g/mol. The third-order valence-electron chi connectivity index (χ3n) is 3.33. The van der Waals surface area contributed by atoms with E-state index >= 15 is 0 Å². The number of aromatic nitrogens is 3. The summed E-state index contributed by atoms with van der Waals surface area (Å²) in [5.41, 5.74) is 3.62. The summed E-state index contributed by atoms with van der Waals surface area (Å²) in [6.07, 6.45) is 4.21. The average Bonchev–Trinajstić information content (AvgIpc) is 3.06. The molecule has 0 aliphatic heterocycles. The van der Waals surface area contributed by atoms with Crippen LogP contribution in [0.4, 0.5) is 0 Å². The second-order valence-corrected chi connectivity index (χ2v) is 5.03. The first-order valence-corrected chi connectivity index (χ1v) is 6.44. The van der Waals surface area contributed by atoms with Gasteiger partial charge in [0.15, 0.2) is 0 Å². The monoisotopic (exact) mass is 242 g/mol. The quantitative estimate of drug-likeness (QED) is 0.893. The number of aryl methyl sites for hydroxylation is 2. The van der Waals surface area contributed by atoms with Gasteiger partial charge in [-0.05, 0) is 38.3 Å². The van der Waals surface area contributed by atoms with Crippen LogP contribution >= 0.6 is 0 Å². The van der Waals surface area contributed by atoms with E-state index in [-0.39, 0.29) is 0 Å². The van der Waals surface area contributed by atoms with E-state index in [1.807, 2.05) is 4.68 Å². The molecule has 1 aromatic heterocycles. The van der Waals surface area contributed by atoms with E-state index in [1.54, 1.807) is 6.33 Å². The van der Waals surface area contributed by atoms with Gasteiger partial charge in [0.05, 0.1) is 12.2 Å². The van der Waals surface area contributed by atoms with E-state index in [0.29, 0.717) is 6.04 Å². The fourth-order valence-corrected chi connectivity index (χ4v) is 2.15. The van der Waals surface area contributed by atoms with Crippen LogP contribution in [0, 0.1) is 13.8 Å². The van der Waals surface area contributed by atoms with E-state index in [1.165, 1.54) is 24.0 Å². The number of hydrogen-bond acceptors (Lipinski definition) is 3. The summed E-state index contributed by atoms with van der Waals surface area (Å²) >= 11 is 0. The molecule has 94 valence electrons. The third-order valence-corrected chi connectivity index (χ3v) is 3.33. The van der Waals surface area contributed by atoms with Crippen LogP contribution in [0.3, 0.4) is 0 Å². The highest BCUT2D eigenvalue weighted by Crippen LogP contribution is 2.20. The van der Waals surface area contributed by atoms with Gasteiger partial charge >= 0.3 is 0 Å². The van der Waals surface area contributed by atoms with E-state index in [9.17, 15) is 0 Å². The molecule has 1 aromatic carbocycles. The largest absolute Gasteiger partial charge is 0.307 e. The van der Waals surface area contributed by atoms with Crippen molar-refractivity contribution in [1.29, 1.82) is 0 Å². The molecule has 1 N–H and O–H groups in total. The molecule has 4 heteroatoms. The molecule has 0 unspecified atom stereocenters. The molecule has 1 fully saturated rings. The molecule has 1 heterocycles. The van der Waals surface area contributed by atoms with Crippen molar-refractivity contribution in [3.63, 3.8) is 0 Å². The predicted molar refractivity (Wildman–Crippen MR) is 70.7 cm³/mol. The molecule has 1 aliphatic carbocycles. The zero-order valence-electron chi connectivity index (χ0n) is 10.8. The topological polar surface area (TPSA) is 42.7 Å². The van der Waals surface area contributed by atoms with Crippen molar-refractivity contribution in [2.45, 2.75) is 39.3 Å². The highest BCUT2D eigenvalue weighted by Gasteiger charge is 2.21. The maximum absolute atomic E-state index is 4.35. The number of benzene rings is 1. The van der Waals surface area contributed by atoms with Crippen LogP contribution in [0.25, 0.3) is 5.69 Å². The summed E-state index contributed by atoms with van der Waals surface area (Å²) < 4.78 is 1.93. The van der Waals surface area contributed by atoms with Gasteiger partial charge in [-0.1, -0.05) is 17.7 Å². The zero-order chi connectivity index (χ0) is 12.5. The van der Waals surface area contributed by atoms with Crippen LogP contribution in [0.5, 0.6) is 0 Å². The maximum atomic E-state index is 4.35. The van der Waals surface area contributed by atoms with Gasteiger partial charge in [-0.2, -0.15) is 5.10 Å². The Kier molecular flexibility index (Phi) is 2.88. The van der Waals surface area contributed by atoms with Crippen molar-refractivity contribution in [3.05, 3.63) is 41.5 Å². The number of rotatable bonds is 4. The van der Waals surface area contributed by atoms with E-state index < -0.39 is 0 Å². The molecule has 18 heavy (non-hydrogen) atoms. The first-order valence-electron chi connectivity index (χ1n) is 6.44. The Hall–Kier alpha value is -1.68. The number of hydrogen-bond donors (Lipinski definition) is 1. The molecule has 4 nitrogen and oxygen atoms in total. The number of nitrogens with one attached hydrogen (secondary N) is 1. The molecule has 0 atom stereocenters. The Morgan fingerprint density at radius 3 is 2.89 bits per heavy atom. The van der Waals surface area contributed by atoms with Crippen LogP contribution in [-0.4, -0.2) is 20.8 Å². The van der Waals surface area contributed by atoms with Crippen LogP contribution in [0.1, 0.15) is 29.8 Å². The van der Waals surface area contributed by atoms with Gasteiger partial charge in [-0.15, -0.1) is 0 Å². The smallest absolute Gasteiger partial charge is 0.146 e. The second-order valence-electron chi connectivity index (χ2n) is 5.03.